The molecule has 4 nitrogen and oxygen atoms in total. The van der Waals surface area contributed by atoms with Gasteiger partial charge < -0.3 is 15.0 Å². The van der Waals surface area contributed by atoms with Crippen LogP contribution in [0.2, 0.25) is 0 Å². The number of amides is 1. The van der Waals surface area contributed by atoms with Crippen molar-refractivity contribution in [1.29, 1.82) is 0 Å². The normalized spacial score (nSPS) is 25.1. The highest BCUT2D eigenvalue weighted by Gasteiger charge is 2.33. The van der Waals surface area contributed by atoms with Crippen molar-refractivity contribution in [2.45, 2.75) is 96.9 Å². The maximum absolute atomic E-state index is 12.3. The highest BCUT2D eigenvalue weighted by Crippen LogP contribution is 2.33. The largest absolute Gasteiger partial charge is 0.444 e. The molecule has 1 aliphatic heterocycles. The standard InChI is InChI=1S/C18H34N2O2/c1-13(11-15-8-9-15)19-14(2)12-16-7-6-10-20(16)17(21)22-18(3,4)5/h13-16,19H,6-12H2,1-5H3. The predicted octanol–water partition coefficient (Wildman–Crippen LogP) is 3.94. The summed E-state index contributed by atoms with van der Waals surface area (Å²) in [6.45, 7) is 11.2. The van der Waals surface area contributed by atoms with E-state index >= 15 is 0 Å². The average molecular weight is 310 g/mol. The van der Waals surface area contributed by atoms with Crippen LogP contribution in [0, 0.1) is 5.92 Å². The predicted molar refractivity (Wildman–Crippen MR) is 90.0 cm³/mol. The van der Waals surface area contributed by atoms with E-state index in [2.05, 4.69) is 19.2 Å². The molecule has 1 aliphatic carbocycles. The lowest BCUT2D eigenvalue weighted by atomic mass is 10.0. The monoisotopic (exact) mass is 310 g/mol. The first kappa shape index (κ1) is 17.6. The molecule has 2 fully saturated rings. The molecule has 22 heavy (non-hydrogen) atoms. The van der Waals surface area contributed by atoms with Gasteiger partial charge in [0.05, 0.1) is 0 Å². The topological polar surface area (TPSA) is 41.6 Å². The Morgan fingerprint density at radius 2 is 1.82 bits per heavy atom. The molecule has 1 saturated heterocycles. The number of ether oxygens (including phenoxy) is 1. The zero-order valence-corrected chi connectivity index (χ0v) is 15.0. The van der Waals surface area contributed by atoms with Gasteiger partial charge in [0.15, 0.2) is 0 Å². The van der Waals surface area contributed by atoms with Crippen molar-refractivity contribution in [2.75, 3.05) is 6.54 Å². The van der Waals surface area contributed by atoms with Crippen LogP contribution in [0.5, 0.6) is 0 Å². The number of carbonyl (C=O) groups is 1. The molecule has 2 rings (SSSR count). The Bertz CT molecular complexity index is 374. The third-order valence-corrected chi connectivity index (χ3v) is 4.58. The molecule has 2 aliphatic rings. The van der Waals surface area contributed by atoms with Gasteiger partial charge in [-0.25, -0.2) is 4.79 Å². The van der Waals surface area contributed by atoms with Crippen molar-refractivity contribution in [3.63, 3.8) is 0 Å². The fourth-order valence-electron chi connectivity index (χ4n) is 3.53. The van der Waals surface area contributed by atoms with E-state index in [0.717, 1.165) is 31.7 Å². The summed E-state index contributed by atoms with van der Waals surface area (Å²) in [5, 5.41) is 3.71. The number of rotatable bonds is 6. The SMILES string of the molecule is CC(CC1CC1)NC(C)CC1CCCN1C(=O)OC(C)(C)C. The van der Waals surface area contributed by atoms with Crippen LogP contribution in [0.1, 0.15) is 73.1 Å². The molecular formula is C18H34N2O2. The van der Waals surface area contributed by atoms with E-state index in [9.17, 15) is 4.79 Å². The van der Waals surface area contributed by atoms with Crippen LogP contribution in [0.15, 0.2) is 0 Å². The Hall–Kier alpha value is -0.770. The van der Waals surface area contributed by atoms with Crippen LogP contribution in [0.4, 0.5) is 4.79 Å². The zero-order chi connectivity index (χ0) is 16.3. The summed E-state index contributed by atoms with van der Waals surface area (Å²) in [6.07, 6.45) is 7.19. The first-order valence-electron chi connectivity index (χ1n) is 9.00. The molecule has 1 heterocycles. The van der Waals surface area contributed by atoms with Gasteiger partial charge in [-0.05, 0) is 66.2 Å². The minimum Gasteiger partial charge on any atom is -0.444 e. The Labute approximate surface area is 136 Å². The van der Waals surface area contributed by atoms with Gasteiger partial charge in [-0.3, -0.25) is 0 Å². The fraction of sp³-hybridized carbons (Fsp3) is 0.944. The Balaban J connectivity index is 1.78. The lowest BCUT2D eigenvalue weighted by Gasteiger charge is -2.30. The van der Waals surface area contributed by atoms with Gasteiger partial charge in [0.25, 0.3) is 0 Å². The smallest absolute Gasteiger partial charge is 0.410 e. The molecule has 0 radical (unpaired) electrons. The van der Waals surface area contributed by atoms with Crippen LogP contribution in [-0.2, 0) is 4.74 Å². The van der Waals surface area contributed by atoms with E-state index in [4.69, 9.17) is 4.74 Å². The molecule has 0 bridgehead atoms. The van der Waals surface area contributed by atoms with Gasteiger partial charge in [-0.2, -0.15) is 0 Å². The Kier molecular flexibility index (Phi) is 5.76. The molecule has 0 aromatic rings. The Morgan fingerprint density at radius 3 is 2.41 bits per heavy atom. The second kappa shape index (κ2) is 7.20. The summed E-state index contributed by atoms with van der Waals surface area (Å²) in [4.78, 5) is 14.3. The van der Waals surface area contributed by atoms with Crippen LogP contribution in [0.25, 0.3) is 0 Å². The van der Waals surface area contributed by atoms with E-state index < -0.39 is 5.60 Å². The molecule has 0 aromatic carbocycles. The summed E-state index contributed by atoms with van der Waals surface area (Å²) in [5.41, 5.74) is -0.410. The van der Waals surface area contributed by atoms with Gasteiger partial charge in [0, 0.05) is 24.7 Å². The second-order valence-electron chi connectivity index (χ2n) is 8.35. The van der Waals surface area contributed by atoms with Crippen molar-refractivity contribution in [3.8, 4) is 0 Å². The number of carbonyl (C=O) groups excluding carboxylic acids is 1. The third-order valence-electron chi connectivity index (χ3n) is 4.58. The molecule has 1 amide bonds. The molecule has 1 saturated carbocycles. The van der Waals surface area contributed by atoms with Crippen LogP contribution in [0.3, 0.4) is 0 Å². The molecule has 3 atom stereocenters. The number of hydrogen-bond acceptors (Lipinski definition) is 3. The van der Waals surface area contributed by atoms with Gasteiger partial charge in [-0.15, -0.1) is 0 Å². The maximum atomic E-state index is 12.3. The molecule has 3 unspecified atom stereocenters. The van der Waals surface area contributed by atoms with Crippen LogP contribution in [-0.4, -0.2) is 41.3 Å². The summed E-state index contributed by atoms with van der Waals surface area (Å²) in [6, 6.07) is 1.35. The maximum Gasteiger partial charge on any atom is 0.410 e. The van der Waals surface area contributed by atoms with E-state index in [0.29, 0.717) is 18.1 Å². The minimum absolute atomic E-state index is 0.145. The van der Waals surface area contributed by atoms with Gasteiger partial charge >= 0.3 is 6.09 Å². The molecule has 0 aromatic heterocycles. The van der Waals surface area contributed by atoms with E-state index in [-0.39, 0.29) is 6.09 Å². The minimum atomic E-state index is -0.410. The van der Waals surface area contributed by atoms with Gasteiger partial charge in [-0.1, -0.05) is 12.8 Å². The fourth-order valence-corrected chi connectivity index (χ4v) is 3.53. The summed E-state index contributed by atoms with van der Waals surface area (Å²) in [5.74, 6) is 0.958. The second-order valence-corrected chi connectivity index (χ2v) is 8.35. The van der Waals surface area contributed by atoms with Gasteiger partial charge in [0.2, 0.25) is 0 Å². The molecule has 0 spiro atoms. The van der Waals surface area contributed by atoms with Crippen LogP contribution >= 0.6 is 0 Å². The number of hydrogen-bond donors (Lipinski definition) is 1. The third kappa shape index (κ3) is 5.79. The quantitative estimate of drug-likeness (QED) is 0.808. The summed E-state index contributed by atoms with van der Waals surface area (Å²) < 4.78 is 5.54. The van der Waals surface area contributed by atoms with Crippen molar-refractivity contribution in [1.82, 2.24) is 10.2 Å². The molecule has 4 heteroatoms. The molecule has 128 valence electrons. The lowest BCUT2D eigenvalue weighted by molar-refractivity contribution is 0.0214. The molecular weight excluding hydrogens is 276 g/mol. The van der Waals surface area contributed by atoms with Gasteiger partial charge in [0.1, 0.15) is 5.60 Å². The van der Waals surface area contributed by atoms with Crippen molar-refractivity contribution < 1.29 is 9.53 Å². The highest BCUT2D eigenvalue weighted by molar-refractivity contribution is 5.68. The summed E-state index contributed by atoms with van der Waals surface area (Å²) in [7, 11) is 0. The van der Waals surface area contributed by atoms with Crippen molar-refractivity contribution in [2.24, 2.45) is 5.92 Å². The Morgan fingerprint density at radius 1 is 1.18 bits per heavy atom. The zero-order valence-electron chi connectivity index (χ0n) is 15.0. The van der Waals surface area contributed by atoms with Crippen molar-refractivity contribution in [3.05, 3.63) is 0 Å². The van der Waals surface area contributed by atoms with E-state index in [1.165, 1.54) is 19.3 Å². The number of likely N-dealkylation sites (tertiary alicyclic amines) is 1. The number of nitrogens with zero attached hydrogens (tertiary/aromatic N) is 1. The first-order chi connectivity index (χ1) is 10.2. The van der Waals surface area contributed by atoms with E-state index in [1.54, 1.807) is 0 Å². The van der Waals surface area contributed by atoms with Crippen LogP contribution < -0.4 is 5.32 Å². The first-order valence-corrected chi connectivity index (χ1v) is 9.00. The number of nitrogens with one attached hydrogen (secondary N) is 1. The highest BCUT2D eigenvalue weighted by atomic mass is 16.6. The molecule has 1 N–H and O–H groups in total. The van der Waals surface area contributed by atoms with E-state index in [1.807, 2.05) is 25.7 Å². The lowest BCUT2D eigenvalue weighted by Crippen LogP contribution is -2.44. The average Bonchev–Trinajstić information content (AvgIpc) is 3.02. The summed E-state index contributed by atoms with van der Waals surface area (Å²) >= 11 is 0. The van der Waals surface area contributed by atoms with Crippen molar-refractivity contribution >= 4 is 6.09 Å².